The number of methoxy groups -OCH3 is 1. The summed E-state index contributed by atoms with van der Waals surface area (Å²) in [7, 11) is 1.44. The van der Waals surface area contributed by atoms with Gasteiger partial charge in [-0.05, 0) is 18.4 Å². The summed E-state index contributed by atoms with van der Waals surface area (Å²) >= 11 is 3.85. The Morgan fingerprint density at radius 3 is 2.50 bits per heavy atom. The number of carbonyl (C=O) groups is 1. The molecule has 0 atom stereocenters. The molecule has 1 rings (SSSR count). The molecule has 1 aliphatic rings. The lowest BCUT2D eigenvalue weighted by molar-refractivity contribution is -0.140. The van der Waals surface area contributed by atoms with Crippen LogP contribution >= 0.6 is 23.5 Å². The lowest BCUT2D eigenvalue weighted by Gasteiger charge is -2.06. The Morgan fingerprint density at radius 1 is 1.36 bits per heavy atom. The summed E-state index contributed by atoms with van der Waals surface area (Å²) in [5.74, 6) is 2.31. The van der Waals surface area contributed by atoms with Crippen LogP contribution in [0.5, 0.6) is 0 Å². The highest BCUT2D eigenvalue weighted by molar-refractivity contribution is 8.25. The molecule has 4 heteroatoms. The average Bonchev–Trinajstić information content (AvgIpc) is 2.72. The second-order valence-electron chi connectivity index (χ2n) is 3.02. The highest BCUT2D eigenvalue weighted by Gasteiger charge is 2.13. The first kappa shape index (κ1) is 12.0. The smallest absolute Gasteiger partial charge is 0.305 e. The molecule has 0 N–H and O–H groups in total. The number of thioether (sulfide) groups is 2. The lowest BCUT2D eigenvalue weighted by Crippen LogP contribution is -2.00. The summed E-state index contributed by atoms with van der Waals surface area (Å²) in [6.45, 7) is 2.15. The molecule has 1 aliphatic heterocycles. The third kappa shape index (κ3) is 3.58. The number of allylic oxidation sites excluding steroid dienone is 1. The molecule has 0 aliphatic carbocycles. The second kappa shape index (κ2) is 6.40. The zero-order valence-electron chi connectivity index (χ0n) is 8.67. The van der Waals surface area contributed by atoms with Crippen LogP contribution in [0.25, 0.3) is 0 Å². The van der Waals surface area contributed by atoms with Gasteiger partial charge in [0.2, 0.25) is 0 Å². The van der Waals surface area contributed by atoms with Crippen molar-refractivity contribution in [2.24, 2.45) is 0 Å². The number of hydrogen-bond donors (Lipinski definition) is 0. The van der Waals surface area contributed by atoms with Crippen molar-refractivity contribution < 1.29 is 9.53 Å². The van der Waals surface area contributed by atoms with E-state index in [0.717, 1.165) is 12.8 Å². The summed E-state index contributed by atoms with van der Waals surface area (Å²) < 4.78 is 6.07. The molecule has 1 heterocycles. The third-order valence-electron chi connectivity index (χ3n) is 2.12. The van der Waals surface area contributed by atoms with Crippen LogP contribution in [0, 0.1) is 0 Å². The van der Waals surface area contributed by atoms with E-state index >= 15 is 0 Å². The van der Waals surface area contributed by atoms with Gasteiger partial charge >= 0.3 is 5.97 Å². The minimum absolute atomic E-state index is 0.107. The number of hydrogen-bond acceptors (Lipinski definition) is 4. The molecule has 0 radical (unpaired) electrons. The summed E-state index contributed by atoms with van der Waals surface area (Å²) in [5, 5.41) is 0. The Balaban J connectivity index is 2.46. The van der Waals surface area contributed by atoms with Crippen LogP contribution in [0.15, 0.2) is 9.81 Å². The van der Waals surface area contributed by atoms with Gasteiger partial charge in [-0.1, -0.05) is 6.92 Å². The SMILES string of the molecule is CCC(CCC(=O)OC)=C1SCCS1. The maximum absolute atomic E-state index is 11.0. The Labute approximate surface area is 93.8 Å². The molecular formula is C10H16O2S2. The Bertz CT molecular complexity index is 228. The van der Waals surface area contributed by atoms with Gasteiger partial charge in [0.15, 0.2) is 0 Å². The molecular weight excluding hydrogens is 216 g/mol. The van der Waals surface area contributed by atoms with Crippen molar-refractivity contribution in [3.63, 3.8) is 0 Å². The van der Waals surface area contributed by atoms with E-state index in [4.69, 9.17) is 0 Å². The Hall–Kier alpha value is -0.0900. The zero-order chi connectivity index (χ0) is 10.4. The molecule has 1 saturated heterocycles. The number of rotatable bonds is 4. The van der Waals surface area contributed by atoms with Crippen molar-refractivity contribution in [2.75, 3.05) is 18.6 Å². The molecule has 1 fully saturated rings. The standard InChI is InChI=1S/C10H16O2S2/c1-3-8(4-5-9(11)12-2)10-13-6-7-14-10/h3-7H2,1-2H3. The fourth-order valence-corrected chi connectivity index (χ4v) is 4.06. The molecule has 0 aromatic heterocycles. The van der Waals surface area contributed by atoms with Crippen LogP contribution < -0.4 is 0 Å². The molecule has 0 aromatic rings. The maximum atomic E-state index is 11.0. The minimum atomic E-state index is -0.107. The Kier molecular flexibility index (Phi) is 5.48. The van der Waals surface area contributed by atoms with Gasteiger partial charge in [-0.25, -0.2) is 0 Å². The number of ether oxygens (including phenoxy) is 1. The molecule has 0 spiro atoms. The van der Waals surface area contributed by atoms with E-state index in [1.54, 1.807) is 0 Å². The predicted octanol–water partition coefficient (Wildman–Crippen LogP) is 3.04. The summed E-state index contributed by atoms with van der Waals surface area (Å²) in [6.07, 6.45) is 2.43. The third-order valence-corrected chi connectivity index (χ3v) is 5.01. The summed E-state index contributed by atoms with van der Waals surface area (Å²) in [6, 6.07) is 0. The van der Waals surface area contributed by atoms with E-state index in [0.29, 0.717) is 6.42 Å². The molecule has 80 valence electrons. The number of carbonyl (C=O) groups excluding carboxylic acids is 1. The fourth-order valence-electron chi connectivity index (χ4n) is 1.29. The van der Waals surface area contributed by atoms with E-state index in [-0.39, 0.29) is 5.97 Å². The zero-order valence-corrected chi connectivity index (χ0v) is 10.3. The monoisotopic (exact) mass is 232 g/mol. The first-order valence-corrected chi connectivity index (χ1v) is 6.79. The van der Waals surface area contributed by atoms with Gasteiger partial charge in [0.05, 0.1) is 7.11 Å². The van der Waals surface area contributed by atoms with E-state index in [2.05, 4.69) is 11.7 Å². The quantitative estimate of drug-likeness (QED) is 0.696. The van der Waals surface area contributed by atoms with E-state index in [9.17, 15) is 4.79 Å². The van der Waals surface area contributed by atoms with Gasteiger partial charge in [0.25, 0.3) is 0 Å². The van der Waals surface area contributed by atoms with E-state index < -0.39 is 0 Å². The molecule has 0 bridgehead atoms. The van der Waals surface area contributed by atoms with Crippen LogP contribution in [0.1, 0.15) is 26.2 Å². The minimum Gasteiger partial charge on any atom is -0.469 e. The van der Waals surface area contributed by atoms with Crippen LogP contribution in [0.2, 0.25) is 0 Å². The molecule has 14 heavy (non-hydrogen) atoms. The first-order valence-electron chi connectivity index (χ1n) is 4.82. The van der Waals surface area contributed by atoms with E-state index in [1.807, 2.05) is 23.5 Å². The van der Waals surface area contributed by atoms with Gasteiger partial charge in [0.1, 0.15) is 0 Å². The largest absolute Gasteiger partial charge is 0.469 e. The van der Waals surface area contributed by atoms with Crippen molar-refractivity contribution in [3.05, 3.63) is 9.81 Å². The van der Waals surface area contributed by atoms with Crippen LogP contribution in [-0.4, -0.2) is 24.6 Å². The van der Waals surface area contributed by atoms with Crippen molar-refractivity contribution in [3.8, 4) is 0 Å². The van der Waals surface area contributed by atoms with Gasteiger partial charge in [-0.15, -0.1) is 23.5 Å². The predicted molar refractivity (Wildman–Crippen MR) is 63.5 cm³/mol. The summed E-state index contributed by atoms with van der Waals surface area (Å²) in [4.78, 5) is 11.0. The molecule has 0 saturated carbocycles. The average molecular weight is 232 g/mol. The first-order chi connectivity index (χ1) is 6.77. The van der Waals surface area contributed by atoms with Crippen molar-refractivity contribution in [1.29, 1.82) is 0 Å². The van der Waals surface area contributed by atoms with Gasteiger partial charge < -0.3 is 4.74 Å². The van der Waals surface area contributed by atoms with Crippen LogP contribution in [-0.2, 0) is 9.53 Å². The van der Waals surface area contributed by atoms with Gasteiger partial charge in [-0.2, -0.15) is 0 Å². The van der Waals surface area contributed by atoms with Crippen molar-refractivity contribution >= 4 is 29.5 Å². The maximum Gasteiger partial charge on any atom is 0.305 e. The van der Waals surface area contributed by atoms with E-state index in [1.165, 1.54) is 28.4 Å². The lowest BCUT2D eigenvalue weighted by atomic mass is 10.1. The normalized spacial score (nSPS) is 15.7. The molecule has 2 nitrogen and oxygen atoms in total. The second-order valence-corrected chi connectivity index (χ2v) is 5.49. The van der Waals surface area contributed by atoms with Crippen LogP contribution in [0.4, 0.5) is 0 Å². The Morgan fingerprint density at radius 2 is 2.00 bits per heavy atom. The highest BCUT2D eigenvalue weighted by atomic mass is 32.2. The van der Waals surface area contributed by atoms with Crippen LogP contribution in [0.3, 0.4) is 0 Å². The number of esters is 1. The van der Waals surface area contributed by atoms with Crippen molar-refractivity contribution in [2.45, 2.75) is 26.2 Å². The van der Waals surface area contributed by atoms with Gasteiger partial charge in [0, 0.05) is 22.2 Å². The fraction of sp³-hybridized carbons (Fsp3) is 0.700. The molecule has 0 amide bonds. The van der Waals surface area contributed by atoms with Crippen molar-refractivity contribution in [1.82, 2.24) is 0 Å². The molecule has 0 unspecified atom stereocenters. The topological polar surface area (TPSA) is 26.3 Å². The highest BCUT2D eigenvalue weighted by Crippen LogP contribution is 2.40. The van der Waals surface area contributed by atoms with Gasteiger partial charge in [-0.3, -0.25) is 4.79 Å². The summed E-state index contributed by atoms with van der Waals surface area (Å²) in [5.41, 5.74) is 1.42. The molecule has 0 aromatic carbocycles.